The van der Waals surface area contributed by atoms with Crippen molar-refractivity contribution in [2.24, 2.45) is 0 Å². The third-order valence-corrected chi connectivity index (χ3v) is 4.68. The minimum Gasteiger partial charge on any atom is -0.456 e. The fraction of sp³-hybridized carbons (Fsp3) is 0.0476. The SMILES string of the molecule is Cc1ccc(C(=O)Nc2cc(-c3cccc4[nH]ccc34)cc3[nH]ncc23)o1. The van der Waals surface area contributed by atoms with Crippen molar-refractivity contribution in [3.8, 4) is 11.1 Å². The number of hydrogen-bond donors (Lipinski definition) is 3. The van der Waals surface area contributed by atoms with Gasteiger partial charge < -0.3 is 14.7 Å². The van der Waals surface area contributed by atoms with Crippen LogP contribution >= 0.6 is 0 Å². The lowest BCUT2D eigenvalue weighted by Gasteiger charge is -2.10. The van der Waals surface area contributed by atoms with E-state index in [4.69, 9.17) is 4.42 Å². The summed E-state index contributed by atoms with van der Waals surface area (Å²) in [6.45, 7) is 1.81. The summed E-state index contributed by atoms with van der Waals surface area (Å²) in [5, 5.41) is 12.0. The van der Waals surface area contributed by atoms with E-state index in [1.807, 2.05) is 43.5 Å². The Hall–Kier alpha value is -3.80. The van der Waals surface area contributed by atoms with Crippen molar-refractivity contribution in [1.82, 2.24) is 15.2 Å². The van der Waals surface area contributed by atoms with Crippen molar-refractivity contribution in [2.45, 2.75) is 6.92 Å². The zero-order valence-corrected chi connectivity index (χ0v) is 14.5. The van der Waals surface area contributed by atoms with Crippen molar-refractivity contribution in [1.29, 1.82) is 0 Å². The first-order chi connectivity index (χ1) is 13.2. The third kappa shape index (κ3) is 2.58. The molecule has 0 unspecified atom stereocenters. The summed E-state index contributed by atoms with van der Waals surface area (Å²) in [4.78, 5) is 15.8. The zero-order valence-electron chi connectivity index (χ0n) is 14.5. The van der Waals surface area contributed by atoms with Crippen LogP contribution in [0.15, 0.2) is 65.3 Å². The van der Waals surface area contributed by atoms with Crippen molar-refractivity contribution < 1.29 is 9.21 Å². The van der Waals surface area contributed by atoms with Crippen LogP contribution in [0.1, 0.15) is 16.3 Å². The molecule has 5 aromatic rings. The molecule has 0 saturated carbocycles. The van der Waals surface area contributed by atoms with E-state index in [-0.39, 0.29) is 11.7 Å². The predicted molar refractivity (Wildman–Crippen MR) is 105 cm³/mol. The molecule has 0 aliphatic carbocycles. The van der Waals surface area contributed by atoms with Crippen LogP contribution in [0, 0.1) is 6.92 Å². The molecular weight excluding hydrogens is 340 g/mol. The van der Waals surface area contributed by atoms with E-state index < -0.39 is 0 Å². The van der Waals surface area contributed by atoms with Crippen LogP contribution in [0.5, 0.6) is 0 Å². The molecule has 0 atom stereocenters. The molecule has 0 fully saturated rings. The second-order valence-corrected chi connectivity index (χ2v) is 6.46. The van der Waals surface area contributed by atoms with Gasteiger partial charge in [-0.2, -0.15) is 5.10 Å². The second-order valence-electron chi connectivity index (χ2n) is 6.46. The first-order valence-corrected chi connectivity index (χ1v) is 8.60. The Labute approximate surface area is 154 Å². The fourth-order valence-electron chi connectivity index (χ4n) is 3.39. The van der Waals surface area contributed by atoms with Gasteiger partial charge in [0.05, 0.1) is 17.4 Å². The monoisotopic (exact) mass is 356 g/mol. The normalized spacial score (nSPS) is 11.3. The fourth-order valence-corrected chi connectivity index (χ4v) is 3.39. The number of H-pyrrole nitrogens is 2. The molecule has 3 aromatic heterocycles. The molecule has 0 aliphatic rings. The zero-order chi connectivity index (χ0) is 18.4. The van der Waals surface area contributed by atoms with Gasteiger partial charge >= 0.3 is 0 Å². The molecule has 6 nitrogen and oxygen atoms in total. The highest BCUT2D eigenvalue weighted by molar-refractivity contribution is 6.09. The van der Waals surface area contributed by atoms with E-state index in [1.165, 1.54) is 0 Å². The average molecular weight is 356 g/mol. The van der Waals surface area contributed by atoms with Gasteiger partial charge in [-0.05, 0) is 54.4 Å². The largest absolute Gasteiger partial charge is 0.456 e. The van der Waals surface area contributed by atoms with Gasteiger partial charge in [-0.15, -0.1) is 0 Å². The van der Waals surface area contributed by atoms with Gasteiger partial charge in [0, 0.05) is 22.5 Å². The Morgan fingerprint density at radius 3 is 2.85 bits per heavy atom. The van der Waals surface area contributed by atoms with Crippen molar-refractivity contribution in [2.75, 3.05) is 5.32 Å². The van der Waals surface area contributed by atoms with E-state index in [0.29, 0.717) is 11.4 Å². The summed E-state index contributed by atoms with van der Waals surface area (Å²) < 4.78 is 5.43. The number of anilines is 1. The molecule has 27 heavy (non-hydrogen) atoms. The highest BCUT2D eigenvalue weighted by Crippen LogP contribution is 2.34. The topological polar surface area (TPSA) is 86.7 Å². The van der Waals surface area contributed by atoms with Gasteiger partial charge in [0.15, 0.2) is 5.76 Å². The first-order valence-electron chi connectivity index (χ1n) is 8.60. The molecule has 0 bridgehead atoms. The Bertz CT molecular complexity index is 1290. The van der Waals surface area contributed by atoms with E-state index >= 15 is 0 Å². The van der Waals surface area contributed by atoms with Crippen molar-refractivity contribution in [3.63, 3.8) is 0 Å². The van der Waals surface area contributed by atoms with Gasteiger partial charge in [0.1, 0.15) is 5.76 Å². The molecule has 0 saturated heterocycles. The number of carbonyl (C=O) groups excluding carboxylic acids is 1. The number of nitrogens with one attached hydrogen (secondary N) is 3. The Morgan fingerprint density at radius 1 is 1.07 bits per heavy atom. The van der Waals surface area contributed by atoms with Crippen LogP contribution in [0.25, 0.3) is 32.9 Å². The summed E-state index contributed by atoms with van der Waals surface area (Å²) in [6.07, 6.45) is 3.63. The van der Waals surface area contributed by atoms with Crippen LogP contribution in [0.2, 0.25) is 0 Å². The molecular formula is C21H16N4O2. The van der Waals surface area contributed by atoms with Crippen LogP contribution < -0.4 is 5.32 Å². The smallest absolute Gasteiger partial charge is 0.291 e. The number of rotatable bonds is 3. The quantitative estimate of drug-likeness (QED) is 0.431. The summed E-state index contributed by atoms with van der Waals surface area (Å²) in [5.41, 5.74) is 4.67. The standard InChI is InChI=1S/C21H16N4O2/c1-12-5-6-20(27-12)21(26)24-18-9-13(10-19-16(18)11-23-25-19)14-3-2-4-17-15(14)7-8-22-17/h2-11,22H,1H3,(H,23,25)(H,24,26). The number of benzene rings is 2. The van der Waals surface area contributed by atoms with Crippen LogP contribution in [0.3, 0.4) is 0 Å². The molecule has 0 aliphatic heterocycles. The Morgan fingerprint density at radius 2 is 2.00 bits per heavy atom. The predicted octanol–water partition coefficient (Wildman–Crippen LogP) is 4.86. The number of fused-ring (bicyclic) bond motifs is 2. The molecule has 0 radical (unpaired) electrons. The molecule has 6 heteroatoms. The Balaban J connectivity index is 1.63. The number of aromatic nitrogens is 3. The lowest BCUT2D eigenvalue weighted by Crippen LogP contribution is -2.11. The molecule has 132 valence electrons. The number of furan rings is 1. The third-order valence-electron chi connectivity index (χ3n) is 4.68. The molecule has 3 N–H and O–H groups in total. The second kappa shape index (κ2) is 5.88. The van der Waals surface area contributed by atoms with Gasteiger partial charge in [0.2, 0.25) is 0 Å². The van der Waals surface area contributed by atoms with Crippen molar-refractivity contribution >= 4 is 33.4 Å². The Kier molecular flexibility index (Phi) is 3.36. The van der Waals surface area contributed by atoms with Crippen LogP contribution in [0.4, 0.5) is 5.69 Å². The number of nitrogens with zero attached hydrogens (tertiary/aromatic N) is 1. The highest BCUT2D eigenvalue weighted by atomic mass is 16.3. The summed E-state index contributed by atoms with van der Waals surface area (Å²) in [6, 6.07) is 15.6. The number of carbonyl (C=O) groups is 1. The van der Waals surface area contributed by atoms with E-state index in [1.54, 1.807) is 18.3 Å². The molecule has 0 spiro atoms. The molecule has 1 amide bonds. The first kappa shape index (κ1) is 15.5. The number of hydrogen-bond acceptors (Lipinski definition) is 3. The van der Waals surface area contributed by atoms with Crippen LogP contribution in [-0.2, 0) is 0 Å². The van der Waals surface area contributed by atoms with Gasteiger partial charge in [0.25, 0.3) is 5.91 Å². The van der Waals surface area contributed by atoms with E-state index in [9.17, 15) is 4.79 Å². The summed E-state index contributed by atoms with van der Waals surface area (Å²) in [5.74, 6) is 0.686. The minimum atomic E-state index is -0.289. The van der Waals surface area contributed by atoms with E-state index in [0.717, 1.165) is 32.9 Å². The maximum absolute atomic E-state index is 12.6. The van der Waals surface area contributed by atoms with Crippen LogP contribution in [-0.4, -0.2) is 21.1 Å². The molecule has 2 aromatic carbocycles. The van der Waals surface area contributed by atoms with Crippen molar-refractivity contribution in [3.05, 3.63) is 72.4 Å². The molecule has 3 heterocycles. The summed E-state index contributed by atoms with van der Waals surface area (Å²) in [7, 11) is 0. The lowest BCUT2D eigenvalue weighted by atomic mass is 9.99. The van der Waals surface area contributed by atoms with E-state index in [2.05, 4.69) is 26.6 Å². The highest BCUT2D eigenvalue weighted by Gasteiger charge is 2.15. The van der Waals surface area contributed by atoms with Gasteiger partial charge in [-0.25, -0.2) is 0 Å². The lowest BCUT2D eigenvalue weighted by molar-refractivity contribution is 0.0995. The maximum atomic E-state index is 12.6. The molecule has 5 rings (SSSR count). The number of aromatic amines is 2. The van der Waals surface area contributed by atoms with Gasteiger partial charge in [-0.3, -0.25) is 9.89 Å². The summed E-state index contributed by atoms with van der Waals surface area (Å²) >= 11 is 0. The average Bonchev–Trinajstić information content (AvgIpc) is 3.41. The minimum absolute atomic E-state index is 0.280. The van der Waals surface area contributed by atoms with Gasteiger partial charge in [-0.1, -0.05) is 12.1 Å². The number of aryl methyl sites for hydroxylation is 1. The number of amides is 1. The maximum Gasteiger partial charge on any atom is 0.291 e.